The minimum absolute atomic E-state index is 0.0554. The average molecular weight is 357 g/mol. The van der Waals surface area contributed by atoms with Gasteiger partial charge in [0.25, 0.3) is 5.91 Å². The first-order chi connectivity index (χ1) is 11.5. The molecule has 3 N–H and O–H groups in total. The average Bonchev–Trinajstić information content (AvgIpc) is 3.10. The summed E-state index contributed by atoms with van der Waals surface area (Å²) in [7, 11) is 2.68. The van der Waals surface area contributed by atoms with Gasteiger partial charge >= 0.3 is 0 Å². The highest BCUT2D eigenvalue weighted by atomic mass is 31.0. The van der Waals surface area contributed by atoms with Crippen molar-refractivity contribution in [2.45, 2.75) is 70.6 Å². The van der Waals surface area contributed by atoms with Gasteiger partial charge in [-0.2, -0.15) is 0 Å². The quantitative estimate of drug-likeness (QED) is 0.567. The number of aliphatic hydroxyl groups excluding tert-OH is 1. The third-order valence-electron chi connectivity index (χ3n) is 5.32. The molecule has 0 radical (unpaired) electrons. The Kier molecular flexibility index (Phi) is 7.45. The van der Waals surface area contributed by atoms with E-state index in [1.54, 1.807) is 0 Å². The summed E-state index contributed by atoms with van der Waals surface area (Å²) in [6, 6.07) is -0.689. The van der Waals surface area contributed by atoms with Crippen LogP contribution in [-0.4, -0.2) is 52.9 Å². The minimum atomic E-state index is -1.20. The summed E-state index contributed by atoms with van der Waals surface area (Å²) >= 11 is 0. The SMILES string of the molecule is CCCNC(=O)C(O)[C@H](CCC)NC(=O)[C@@H]1[C@H]2CCC[C@H]2CN1P. The van der Waals surface area contributed by atoms with Crippen LogP contribution < -0.4 is 10.6 Å². The Morgan fingerprint density at radius 2 is 2.04 bits per heavy atom. The molecule has 1 aliphatic heterocycles. The van der Waals surface area contributed by atoms with Crippen LogP contribution in [0.5, 0.6) is 0 Å². The third kappa shape index (κ3) is 4.47. The maximum absolute atomic E-state index is 12.8. The molecule has 6 nitrogen and oxygen atoms in total. The van der Waals surface area contributed by atoms with Gasteiger partial charge in [-0.25, -0.2) is 0 Å². The van der Waals surface area contributed by atoms with Gasteiger partial charge in [0.1, 0.15) is 0 Å². The predicted octanol–water partition coefficient (Wildman–Crippen LogP) is 1.05. The molecule has 138 valence electrons. The molecule has 1 saturated carbocycles. The minimum Gasteiger partial charge on any atom is -0.381 e. The van der Waals surface area contributed by atoms with Crippen LogP contribution >= 0.6 is 9.39 Å². The molecular weight excluding hydrogens is 325 g/mol. The molecule has 2 fully saturated rings. The molecule has 1 heterocycles. The summed E-state index contributed by atoms with van der Waals surface area (Å²) < 4.78 is 2.05. The maximum Gasteiger partial charge on any atom is 0.250 e. The normalized spacial score (nSPS) is 29.1. The lowest BCUT2D eigenvalue weighted by Gasteiger charge is -2.28. The second kappa shape index (κ2) is 9.12. The summed E-state index contributed by atoms with van der Waals surface area (Å²) in [4.78, 5) is 24.9. The highest BCUT2D eigenvalue weighted by Gasteiger charge is 2.46. The summed E-state index contributed by atoms with van der Waals surface area (Å²) in [6.07, 6.45) is 4.48. The second-order valence-corrected chi connectivity index (χ2v) is 7.80. The predicted molar refractivity (Wildman–Crippen MR) is 97.2 cm³/mol. The number of amides is 2. The van der Waals surface area contributed by atoms with E-state index in [4.69, 9.17) is 0 Å². The largest absolute Gasteiger partial charge is 0.381 e. The molecule has 2 aliphatic rings. The van der Waals surface area contributed by atoms with E-state index in [2.05, 4.69) is 24.7 Å². The summed E-state index contributed by atoms with van der Waals surface area (Å²) in [5, 5.41) is 16.0. The maximum atomic E-state index is 12.8. The van der Waals surface area contributed by atoms with Gasteiger partial charge in [-0.3, -0.25) is 14.3 Å². The van der Waals surface area contributed by atoms with Crippen molar-refractivity contribution in [2.24, 2.45) is 11.8 Å². The number of carbonyl (C=O) groups excluding carboxylic acids is 2. The van der Waals surface area contributed by atoms with Crippen LogP contribution in [0.3, 0.4) is 0 Å². The zero-order valence-electron chi connectivity index (χ0n) is 14.8. The molecule has 0 aromatic heterocycles. The van der Waals surface area contributed by atoms with E-state index in [1.165, 1.54) is 12.8 Å². The highest BCUT2D eigenvalue weighted by Crippen LogP contribution is 2.43. The van der Waals surface area contributed by atoms with Crippen molar-refractivity contribution < 1.29 is 14.7 Å². The van der Waals surface area contributed by atoms with Crippen molar-refractivity contribution in [3.05, 3.63) is 0 Å². The highest BCUT2D eigenvalue weighted by molar-refractivity contribution is 7.13. The molecule has 1 aliphatic carbocycles. The Labute approximate surface area is 147 Å². The number of carbonyl (C=O) groups is 2. The standard InChI is InChI=1S/C17H32N3O3P/c1-3-6-13(15(21)17(23)18-9-4-2)19-16(22)14-12-8-5-7-11(12)10-20(14)24/h11-15,21H,3-10,24H2,1-2H3,(H,18,23)(H,19,22)/t11-,12-,13-,14-,15?/m0/s1. The molecule has 0 bridgehead atoms. The summed E-state index contributed by atoms with van der Waals surface area (Å²) in [5.41, 5.74) is 0. The number of fused-ring (bicyclic) bond motifs is 1. The van der Waals surface area contributed by atoms with Crippen molar-refractivity contribution in [2.75, 3.05) is 13.1 Å². The first kappa shape index (κ1) is 19.6. The first-order valence-corrected chi connectivity index (χ1v) is 9.78. The zero-order valence-corrected chi connectivity index (χ0v) is 16.0. The van der Waals surface area contributed by atoms with E-state index in [0.29, 0.717) is 24.8 Å². The Morgan fingerprint density at radius 3 is 2.71 bits per heavy atom. The van der Waals surface area contributed by atoms with Gasteiger partial charge in [0.05, 0.1) is 12.1 Å². The third-order valence-corrected chi connectivity index (χ3v) is 5.85. The van der Waals surface area contributed by atoms with Crippen molar-refractivity contribution in [3.63, 3.8) is 0 Å². The molecule has 0 aromatic carbocycles. The van der Waals surface area contributed by atoms with E-state index < -0.39 is 18.1 Å². The summed E-state index contributed by atoms with van der Waals surface area (Å²) in [6.45, 7) is 5.42. The molecule has 2 unspecified atom stereocenters. The molecule has 2 amide bonds. The lowest BCUT2D eigenvalue weighted by atomic mass is 9.93. The number of nitrogens with zero attached hydrogens (tertiary/aromatic N) is 1. The smallest absolute Gasteiger partial charge is 0.250 e. The number of rotatable bonds is 8. The zero-order chi connectivity index (χ0) is 17.7. The molecule has 2 rings (SSSR count). The first-order valence-electron chi connectivity index (χ1n) is 9.27. The number of nitrogens with one attached hydrogen (secondary N) is 2. The van der Waals surface area contributed by atoms with Crippen LogP contribution in [0.4, 0.5) is 0 Å². The van der Waals surface area contributed by atoms with Crippen LogP contribution in [0.1, 0.15) is 52.4 Å². The van der Waals surface area contributed by atoms with E-state index in [1.807, 2.05) is 13.8 Å². The fourth-order valence-corrected chi connectivity index (χ4v) is 4.73. The topological polar surface area (TPSA) is 81.7 Å². The second-order valence-electron chi connectivity index (χ2n) is 7.14. The molecule has 6 atom stereocenters. The lowest BCUT2D eigenvalue weighted by molar-refractivity contribution is -0.133. The Balaban J connectivity index is 1.98. The fourth-order valence-electron chi connectivity index (χ4n) is 4.11. The van der Waals surface area contributed by atoms with E-state index in [9.17, 15) is 14.7 Å². The molecule has 0 spiro atoms. The van der Waals surface area contributed by atoms with Gasteiger partial charge in [0.2, 0.25) is 5.91 Å². The van der Waals surface area contributed by atoms with Crippen molar-refractivity contribution in [1.82, 2.24) is 15.3 Å². The Bertz CT molecular complexity index is 449. The molecule has 0 aromatic rings. The van der Waals surface area contributed by atoms with Crippen molar-refractivity contribution >= 4 is 21.2 Å². The molecule has 1 saturated heterocycles. The van der Waals surface area contributed by atoms with Gasteiger partial charge < -0.3 is 15.7 Å². The van der Waals surface area contributed by atoms with Crippen LogP contribution in [0.15, 0.2) is 0 Å². The summed E-state index contributed by atoms with van der Waals surface area (Å²) in [5.74, 6) is 0.542. The van der Waals surface area contributed by atoms with Crippen LogP contribution in [0.2, 0.25) is 0 Å². The number of hydrogen-bond acceptors (Lipinski definition) is 4. The Hall–Kier alpha value is -0.710. The van der Waals surface area contributed by atoms with Crippen LogP contribution in [0, 0.1) is 11.8 Å². The van der Waals surface area contributed by atoms with Crippen molar-refractivity contribution in [3.8, 4) is 0 Å². The van der Waals surface area contributed by atoms with Gasteiger partial charge in [-0.15, -0.1) is 0 Å². The van der Waals surface area contributed by atoms with Gasteiger partial charge in [0.15, 0.2) is 6.10 Å². The van der Waals surface area contributed by atoms with E-state index >= 15 is 0 Å². The van der Waals surface area contributed by atoms with Gasteiger partial charge in [-0.1, -0.05) is 36.1 Å². The van der Waals surface area contributed by atoms with Crippen LogP contribution in [0.25, 0.3) is 0 Å². The monoisotopic (exact) mass is 357 g/mol. The van der Waals surface area contributed by atoms with Gasteiger partial charge in [0, 0.05) is 13.1 Å². The lowest BCUT2D eigenvalue weighted by Crippen LogP contribution is -2.54. The van der Waals surface area contributed by atoms with Gasteiger partial charge in [-0.05, 0) is 37.5 Å². The number of aliphatic hydroxyl groups is 1. The van der Waals surface area contributed by atoms with Crippen LogP contribution in [-0.2, 0) is 9.59 Å². The van der Waals surface area contributed by atoms with E-state index in [-0.39, 0.29) is 11.9 Å². The molecular formula is C17H32N3O3P. The molecule has 7 heteroatoms. The van der Waals surface area contributed by atoms with Crippen molar-refractivity contribution in [1.29, 1.82) is 0 Å². The number of hydrogen-bond donors (Lipinski definition) is 3. The molecule has 24 heavy (non-hydrogen) atoms. The Morgan fingerprint density at radius 1 is 1.29 bits per heavy atom. The fraction of sp³-hybridized carbons (Fsp3) is 0.882. The van der Waals surface area contributed by atoms with E-state index in [0.717, 1.165) is 25.8 Å².